The van der Waals surface area contributed by atoms with Crippen molar-refractivity contribution in [2.75, 3.05) is 6.61 Å². The molecular formula is C19H15NO5S2. The van der Waals surface area contributed by atoms with Crippen LogP contribution in [0, 0.1) is 0 Å². The van der Waals surface area contributed by atoms with Gasteiger partial charge in [-0.3, -0.25) is 4.79 Å². The van der Waals surface area contributed by atoms with Crippen LogP contribution in [0.1, 0.15) is 11.1 Å². The van der Waals surface area contributed by atoms with E-state index < -0.39 is 12.6 Å². The first-order valence-electron chi connectivity index (χ1n) is 7.91. The molecule has 0 saturated carbocycles. The maximum Gasteiger partial charge on any atom is 0.341 e. The molecule has 1 saturated heterocycles. The van der Waals surface area contributed by atoms with Crippen molar-refractivity contribution in [1.82, 2.24) is 5.32 Å². The van der Waals surface area contributed by atoms with Crippen LogP contribution in [-0.2, 0) is 16.2 Å². The van der Waals surface area contributed by atoms with Gasteiger partial charge in [0.25, 0.3) is 5.91 Å². The number of para-hydroxylation sites is 2. The van der Waals surface area contributed by atoms with E-state index in [2.05, 4.69) is 5.32 Å². The van der Waals surface area contributed by atoms with E-state index in [0.29, 0.717) is 20.7 Å². The molecule has 0 bridgehead atoms. The highest BCUT2D eigenvalue weighted by Crippen LogP contribution is 2.28. The fourth-order valence-corrected chi connectivity index (χ4v) is 3.38. The van der Waals surface area contributed by atoms with Crippen LogP contribution in [0.3, 0.4) is 0 Å². The van der Waals surface area contributed by atoms with Crippen molar-refractivity contribution in [3.63, 3.8) is 0 Å². The number of amides is 1. The third kappa shape index (κ3) is 5.32. The maximum atomic E-state index is 11.8. The Hall–Kier alpha value is -2.84. The Morgan fingerprint density at radius 2 is 1.89 bits per heavy atom. The van der Waals surface area contributed by atoms with Gasteiger partial charge in [-0.05, 0) is 35.4 Å². The first-order valence-corrected chi connectivity index (χ1v) is 9.14. The van der Waals surface area contributed by atoms with E-state index in [4.69, 9.17) is 26.8 Å². The fourth-order valence-electron chi connectivity index (χ4n) is 2.33. The van der Waals surface area contributed by atoms with Gasteiger partial charge < -0.3 is 19.9 Å². The van der Waals surface area contributed by atoms with Crippen LogP contribution in [0.25, 0.3) is 6.08 Å². The van der Waals surface area contributed by atoms with Crippen molar-refractivity contribution in [1.29, 1.82) is 0 Å². The molecule has 6 nitrogen and oxygen atoms in total. The fraction of sp³-hybridized carbons (Fsp3) is 0.105. The summed E-state index contributed by atoms with van der Waals surface area (Å²) in [5, 5.41) is 11.3. The Morgan fingerprint density at radius 1 is 1.15 bits per heavy atom. The number of thioether (sulfide) groups is 1. The molecule has 2 aromatic rings. The summed E-state index contributed by atoms with van der Waals surface area (Å²) in [5.41, 5.74) is 1.75. The lowest BCUT2D eigenvalue weighted by Crippen LogP contribution is -2.17. The predicted molar refractivity (Wildman–Crippen MR) is 107 cm³/mol. The molecule has 0 spiro atoms. The summed E-state index contributed by atoms with van der Waals surface area (Å²) >= 11 is 6.21. The summed E-state index contributed by atoms with van der Waals surface area (Å²) in [5.74, 6) is -0.431. The number of aliphatic carboxylic acids is 1. The van der Waals surface area contributed by atoms with Crippen LogP contribution in [0.2, 0.25) is 0 Å². The molecule has 1 heterocycles. The van der Waals surface area contributed by atoms with Crippen LogP contribution in [0.4, 0.5) is 0 Å². The molecule has 1 amide bonds. The Kier molecular flexibility index (Phi) is 6.10. The van der Waals surface area contributed by atoms with Gasteiger partial charge in [-0.15, -0.1) is 0 Å². The number of thiocarbonyl (C=S) groups is 1. The van der Waals surface area contributed by atoms with Crippen LogP contribution in [0.5, 0.6) is 11.5 Å². The van der Waals surface area contributed by atoms with Gasteiger partial charge in [0.15, 0.2) is 18.1 Å². The van der Waals surface area contributed by atoms with Gasteiger partial charge in [-0.2, -0.15) is 0 Å². The normalized spacial score (nSPS) is 14.9. The molecule has 0 atom stereocenters. The SMILES string of the molecule is O=C(O)COc1ccccc1OCc1cccc(C=C2SC(=S)NC2=O)c1. The quantitative estimate of drug-likeness (QED) is 0.544. The number of benzene rings is 2. The zero-order valence-corrected chi connectivity index (χ0v) is 15.6. The number of carbonyl (C=O) groups is 2. The van der Waals surface area contributed by atoms with Crippen LogP contribution >= 0.6 is 24.0 Å². The van der Waals surface area contributed by atoms with Crippen molar-refractivity contribution in [3.8, 4) is 11.5 Å². The monoisotopic (exact) mass is 401 g/mol. The van der Waals surface area contributed by atoms with Crippen molar-refractivity contribution in [2.24, 2.45) is 0 Å². The first-order chi connectivity index (χ1) is 13.0. The Morgan fingerprint density at radius 3 is 2.56 bits per heavy atom. The van der Waals surface area contributed by atoms with Gasteiger partial charge in [0.1, 0.15) is 10.9 Å². The van der Waals surface area contributed by atoms with Gasteiger partial charge in [0.2, 0.25) is 0 Å². The average Bonchev–Trinajstić information content (AvgIpc) is 2.96. The summed E-state index contributed by atoms with van der Waals surface area (Å²) in [4.78, 5) is 23.0. The molecule has 2 N–H and O–H groups in total. The molecule has 1 aliphatic heterocycles. The highest BCUT2D eigenvalue weighted by molar-refractivity contribution is 8.26. The summed E-state index contributed by atoms with van der Waals surface area (Å²) in [6, 6.07) is 14.4. The van der Waals surface area contributed by atoms with E-state index in [1.807, 2.05) is 24.3 Å². The van der Waals surface area contributed by atoms with Crippen LogP contribution in [0.15, 0.2) is 53.4 Å². The molecule has 0 aliphatic carbocycles. The van der Waals surface area contributed by atoms with Gasteiger partial charge in [0.05, 0.1) is 4.91 Å². The highest BCUT2D eigenvalue weighted by Gasteiger charge is 2.21. The number of carbonyl (C=O) groups excluding carboxylic acids is 1. The van der Waals surface area contributed by atoms with E-state index in [1.54, 1.807) is 30.3 Å². The Balaban J connectivity index is 1.69. The second-order valence-corrected chi connectivity index (χ2v) is 7.23. The van der Waals surface area contributed by atoms with E-state index in [-0.39, 0.29) is 12.5 Å². The first kappa shape index (κ1) is 18.9. The third-order valence-corrected chi connectivity index (χ3v) is 4.65. The molecule has 3 rings (SSSR count). The van der Waals surface area contributed by atoms with Crippen molar-refractivity contribution in [2.45, 2.75) is 6.61 Å². The summed E-state index contributed by atoms with van der Waals surface area (Å²) < 4.78 is 11.5. The molecule has 1 fully saturated rings. The van der Waals surface area contributed by atoms with Gasteiger partial charge in [-0.1, -0.05) is 54.3 Å². The zero-order valence-electron chi connectivity index (χ0n) is 14.0. The second kappa shape index (κ2) is 8.70. The smallest absolute Gasteiger partial charge is 0.341 e. The number of nitrogens with one attached hydrogen (secondary N) is 1. The molecular weight excluding hydrogens is 386 g/mol. The van der Waals surface area contributed by atoms with E-state index >= 15 is 0 Å². The molecule has 8 heteroatoms. The minimum Gasteiger partial charge on any atom is -0.485 e. The largest absolute Gasteiger partial charge is 0.485 e. The van der Waals surface area contributed by atoms with Crippen LogP contribution < -0.4 is 14.8 Å². The molecule has 0 radical (unpaired) electrons. The minimum atomic E-state index is -1.06. The summed E-state index contributed by atoms with van der Waals surface area (Å²) in [6.45, 7) is -0.173. The molecule has 138 valence electrons. The average molecular weight is 401 g/mol. The third-order valence-electron chi connectivity index (χ3n) is 3.49. The van der Waals surface area contributed by atoms with Crippen LogP contribution in [-0.4, -0.2) is 27.9 Å². The van der Waals surface area contributed by atoms with Gasteiger partial charge >= 0.3 is 5.97 Å². The number of ether oxygens (including phenoxy) is 2. The molecule has 0 unspecified atom stereocenters. The Labute approximate surface area is 165 Å². The molecule has 0 aromatic heterocycles. The number of carboxylic acid groups (broad SMARTS) is 1. The number of rotatable bonds is 7. The minimum absolute atomic E-state index is 0.198. The summed E-state index contributed by atoms with van der Waals surface area (Å²) in [7, 11) is 0. The van der Waals surface area contributed by atoms with Gasteiger partial charge in [0, 0.05) is 0 Å². The lowest BCUT2D eigenvalue weighted by atomic mass is 10.1. The molecule has 2 aromatic carbocycles. The van der Waals surface area contributed by atoms with Crippen molar-refractivity contribution in [3.05, 3.63) is 64.6 Å². The van der Waals surface area contributed by atoms with Crippen molar-refractivity contribution >= 4 is 46.3 Å². The standard InChI is InChI=1S/C19H15NO5S2/c21-17(22)11-25-15-7-2-1-6-14(15)24-10-13-5-3-4-12(8-13)9-16-18(23)20-19(26)27-16/h1-9H,10-11H2,(H,21,22)(H,20,23,26). The van der Waals surface area contributed by atoms with E-state index in [9.17, 15) is 9.59 Å². The van der Waals surface area contributed by atoms with E-state index in [0.717, 1.165) is 11.1 Å². The predicted octanol–water partition coefficient (Wildman–Crippen LogP) is 3.22. The number of carboxylic acids is 1. The Bertz CT molecular complexity index is 926. The second-order valence-electron chi connectivity index (χ2n) is 5.52. The molecule has 1 aliphatic rings. The van der Waals surface area contributed by atoms with Crippen molar-refractivity contribution < 1.29 is 24.2 Å². The topological polar surface area (TPSA) is 84.9 Å². The van der Waals surface area contributed by atoms with E-state index in [1.165, 1.54) is 11.8 Å². The lowest BCUT2D eigenvalue weighted by molar-refractivity contribution is -0.139. The highest BCUT2D eigenvalue weighted by atomic mass is 32.2. The number of hydrogen-bond donors (Lipinski definition) is 2. The molecule has 27 heavy (non-hydrogen) atoms. The summed E-state index contributed by atoms with van der Waals surface area (Å²) in [6.07, 6.45) is 1.77. The zero-order chi connectivity index (χ0) is 19.2. The maximum absolute atomic E-state index is 11.8. The number of hydrogen-bond acceptors (Lipinski definition) is 6. The van der Waals surface area contributed by atoms with Gasteiger partial charge in [-0.25, -0.2) is 4.79 Å². The lowest BCUT2D eigenvalue weighted by Gasteiger charge is -2.12.